The number of hydrogen-bond acceptors (Lipinski definition) is 4. The van der Waals surface area contributed by atoms with Gasteiger partial charge in [0.05, 0.1) is 10.0 Å². The van der Waals surface area contributed by atoms with Gasteiger partial charge in [-0.05, 0) is 0 Å². The molecule has 0 saturated carbocycles. The van der Waals surface area contributed by atoms with Gasteiger partial charge in [0.25, 0.3) is 10.1 Å². The van der Waals surface area contributed by atoms with Crippen molar-refractivity contribution in [1.29, 1.82) is 0 Å². The highest BCUT2D eigenvalue weighted by Gasteiger charge is 2.75. The van der Waals surface area contributed by atoms with Crippen LogP contribution in [-0.2, 0) is 19.0 Å². The third-order valence-electron chi connectivity index (χ3n) is 3.25. The lowest BCUT2D eigenvalue weighted by molar-refractivity contribution is -0.183. The zero-order chi connectivity index (χ0) is 11.9. The largest absolute Gasteiger partial charge is 0.395 e. The molecule has 3 saturated heterocycles. The monoisotopic (exact) mass is 370 g/mol. The van der Waals surface area contributed by atoms with Crippen molar-refractivity contribution in [3.8, 4) is 0 Å². The minimum atomic E-state index is -4.57. The molecule has 0 radical (unpaired) electrons. The van der Waals surface area contributed by atoms with Crippen molar-refractivity contribution in [2.75, 3.05) is 0 Å². The highest BCUT2D eigenvalue weighted by Crippen LogP contribution is 2.56. The maximum atomic E-state index is 12.8. The molecule has 3 rings (SSSR count). The van der Waals surface area contributed by atoms with E-state index in [9.17, 15) is 21.6 Å². The number of ether oxygens (including phenoxy) is 1. The van der Waals surface area contributed by atoms with E-state index in [1.54, 1.807) is 22.6 Å². The van der Waals surface area contributed by atoms with Gasteiger partial charge in [-0.1, -0.05) is 22.6 Å². The van der Waals surface area contributed by atoms with Gasteiger partial charge >= 0.3 is 6.18 Å². The van der Waals surface area contributed by atoms with E-state index in [4.69, 9.17) is 8.92 Å². The molecule has 0 N–H and O–H groups in total. The molecule has 4 nitrogen and oxygen atoms in total. The highest BCUT2D eigenvalue weighted by molar-refractivity contribution is 14.1. The van der Waals surface area contributed by atoms with Gasteiger partial charge in [0.1, 0.15) is 23.4 Å². The van der Waals surface area contributed by atoms with Crippen molar-refractivity contribution in [2.45, 2.75) is 33.7 Å². The van der Waals surface area contributed by atoms with Gasteiger partial charge in [-0.25, -0.2) is 0 Å². The van der Waals surface area contributed by atoms with Gasteiger partial charge in [0.15, 0.2) is 0 Å². The van der Waals surface area contributed by atoms with Crippen LogP contribution in [-0.4, -0.2) is 42.1 Å². The quantitative estimate of drug-likeness (QED) is 0.361. The van der Waals surface area contributed by atoms with Crippen LogP contribution >= 0.6 is 22.6 Å². The molecule has 3 aliphatic heterocycles. The summed E-state index contributed by atoms with van der Waals surface area (Å²) < 4.78 is 70.6. The van der Waals surface area contributed by atoms with Gasteiger partial charge in [0.2, 0.25) is 0 Å². The van der Waals surface area contributed by atoms with Crippen molar-refractivity contribution in [1.82, 2.24) is 0 Å². The third kappa shape index (κ3) is 1.25. The molecule has 92 valence electrons. The van der Waals surface area contributed by atoms with Crippen LogP contribution in [0.15, 0.2) is 0 Å². The third-order valence-corrected chi connectivity index (χ3v) is 6.39. The van der Waals surface area contributed by atoms with Crippen LogP contribution < -0.4 is 0 Å². The number of halogens is 4. The Morgan fingerprint density at radius 1 is 1.12 bits per heavy atom. The molecule has 3 fully saturated rings. The van der Waals surface area contributed by atoms with E-state index in [-0.39, 0.29) is 0 Å². The summed E-state index contributed by atoms with van der Waals surface area (Å²) in [6.07, 6.45) is -7.38. The summed E-state index contributed by atoms with van der Waals surface area (Å²) in [7, 11) is -4.15. The molecular weight excluding hydrogens is 364 g/mol. The Morgan fingerprint density at radius 2 is 1.75 bits per heavy atom. The second-order valence-corrected chi connectivity index (χ2v) is 7.26. The van der Waals surface area contributed by atoms with E-state index in [1.807, 2.05) is 0 Å². The highest BCUT2D eigenvalue weighted by atomic mass is 127. The zero-order valence-electron chi connectivity index (χ0n) is 7.52. The molecule has 6 atom stereocenters. The zero-order valence-corrected chi connectivity index (χ0v) is 10.5. The first kappa shape index (κ1) is 11.5. The first-order valence-corrected chi connectivity index (χ1v) is 7.23. The van der Waals surface area contributed by atoms with Gasteiger partial charge in [-0.15, -0.1) is 0 Å². The van der Waals surface area contributed by atoms with Crippen LogP contribution in [0.4, 0.5) is 13.2 Å². The smallest absolute Gasteiger partial charge is 0.369 e. The molecule has 3 aliphatic rings. The molecule has 0 aromatic heterocycles. The van der Waals surface area contributed by atoms with Crippen molar-refractivity contribution >= 4 is 32.7 Å². The van der Waals surface area contributed by atoms with Crippen LogP contribution in [0.25, 0.3) is 0 Å². The molecular formula is C7H6F3IO4S. The van der Waals surface area contributed by atoms with E-state index in [1.165, 1.54) is 0 Å². The molecule has 0 aromatic carbocycles. The van der Waals surface area contributed by atoms with Crippen molar-refractivity contribution < 1.29 is 30.5 Å². The molecule has 3 heterocycles. The minimum Gasteiger partial charge on any atom is -0.369 e. The fourth-order valence-corrected chi connectivity index (χ4v) is 5.94. The Bertz CT molecular complexity index is 435. The minimum absolute atomic E-state index is 0.567. The van der Waals surface area contributed by atoms with Gasteiger partial charge in [-0.3, -0.25) is 4.18 Å². The number of alkyl halides is 4. The van der Waals surface area contributed by atoms with Crippen LogP contribution in [0.5, 0.6) is 0 Å². The molecule has 2 bridgehead atoms. The molecule has 16 heavy (non-hydrogen) atoms. The topological polar surface area (TPSA) is 52.6 Å². The summed E-state index contributed by atoms with van der Waals surface area (Å²) >= 11 is 1.77. The SMILES string of the molecule is O=S1(=O)OC2C(I)C3OC2C1C3C(F)(F)F. The predicted octanol–water partition coefficient (Wildman–Crippen LogP) is 0.847. The molecule has 0 aromatic rings. The van der Waals surface area contributed by atoms with Crippen LogP contribution in [0.3, 0.4) is 0 Å². The van der Waals surface area contributed by atoms with Gasteiger partial charge in [0, 0.05) is 0 Å². The summed E-state index contributed by atoms with van der Waals surface area (Å²) in [5, 5.41) is -1.58. The fraction of sp³-hybridized carbons (Fsp3) is 1.00. The normalized spacial score (nSPS) is 53.5. The van der Waals surface area contributed by atoms with Crippen LogP contribution in [0, 0.1) is 5.92 Å². The van der Waals surface area contributed by atoms with Gasteiger partial charge < -0.3 is 4.74 Å². The van der Waals surface area contributed by atoms with E-state index in [0.29, 0.717) is 0 Å². The second kappa shape index (κ2) is 3.04. The summed E-state index contributed by atoms with van der Waals surface area (Å²) in [6, 6.07) is 0. The first-order valence-electron chi connectivity index (χ1n) is 4.52. The number of hydrogen-bond donors (Lipinski definition) is 0. The Labute approximate surface area is 103 Å². The Kier molecular flexibility index (Phi) is 2.18. The lowest BCUT2D eigenvalue weighted by atomic mass is 9.86. The average Bonchev–Trinajstić information content (AvgIpc) is 2.66. The van der Waals surface area contributed by atoms with E-state index in [0.717, 1.165) is 0 Å². The molecule has 6 unspecified atom stereocenters. The molecule has 0 aliphatic carbocycles. The lowest BCUT2D eigenvalue weighted by Gasteiger charge is -2.26. The van der Waals surface area contributed by atoms with E-state index < -0.39 is 49.7 Å². The van der Waals surface area contributed by atoms with Gasteiger partial charge in [-0.2, -0.15) is 21.6 Å². The summed E-state index contributed by atoms with van der Waals surface area (Å²) in [5.74, 6) is -1.96. The second-order valence-electron chi connectivity index (χ2n) is 4.10. The Hall–Kier alpha value is 0.390. The van der Waals surface area contributed by atoms with Crippen LogP contribution in [0.1, 0.15) is 0 Å². The molecule has 0 spiro atoms. The average molecular weight is 370 g/mol. The molecule has 0 amide bonds. The number of fused-ring (bicyclic) bond motifs is 1. The number of rotatable bonds is 0. The van der Waals surface area contributed by atoms with E-state index in [2.05, 4.69) is 0 Å². The standard InChI is InChI=1S/C7H6F3IO4S/c8-7(9,10)1-3-2(11)4-5(14-3)6(1)16(12,13)15-4/h1-6H. The lowest BCUT2D eigenvalue weighted by Crippen LogP contribution is -2.48. The maximum absolute atomic E-state index is 12.8. The predicted molar refractivity (Wildman–Crippen MR) is 53.6 cm³/mol. The molecule has 9 heteroatoms. The van der Waals surface area contributed by atoms with Crippen molar-refractivity contribution in [3.05, 3.63) is 0 Å². The Morgan fingerprint density at radius 3 is 2.31 bits per heavy atom. The summed E-state index contributed by atoms with van der Waals surface area (Å²) in [6.45, 7) is 0. The fourth-order valence-electron chi connectivity index (χ4n) is 2.68. The van der Waals surface area contributed by atoms with Crippen molar-refractivity contribution in [3.63, 3.8) is 0 Å². The van der Waals surface area contributed by atoms with E-state index >= 15 is 0 Å². The van der Waals surface area contributed by atoms with Crippen molar-refractivity contribution in [2.24, 2.45) is 5.92 Å². The summed E-state index contributed by atoms with van der Waals surface area (Å²) in [5.41, 5.74) is 0. The first-order chi connectivity index (χ1) is 7.23. The Balaban J connectivity index is 2.11. The summed E-state index contributed by atoms with van der Waals surface area (Å²) in [4.78, 5) is 0. The van der Waals surface area contributed by atoms with Crippen LogP contribution in [0.2, 0.25) is 0 Å². The maximum Gasteiger partial charge on any atom is 0.395 e.